The highest BCUT2D eigenvalue weighted by Gasteiger charge is 2.12. The van der Waals surface area contributed by atoms with Gasteiger partial charge < -0.3 is 5.84 Å². The maximum atomic E-state index is 6.12. The van der Waals surface area contributed by atoms with Crippen molar-refractivity contribution < 1.29 is 0 Å². The predicted molar refractivity (Wildman–Crippen MR) is 97.0 cm³/mol. The summed E-state index contributed by atoms with van der Waals surface area (Å²) in [6, 6.07) is 16.0. The van der Waals surface area contributed by atoms with Gasteiger partial charge >= 0.3 is 0 Å². The Balaban J connectivity index is 1.77. The van der Waals surface area contributed by atoms with Crippen molar-refractivity contribution in [2.75, 3.05) is 5.84 Å². The SMILES string of the molecule is Nn1c(SCc2ccc(Br)cc2)nnc1-c1cccc(Br)c1. The normalized spacial score (nSPS) is 10.8. The summed E-state index contributed by atoms with van der Waals surface area (Å²) in [5.74, 6) is 7.57. The van der Waals surface area contributed by atoms with Crippen LogP contribution in [0.1, 0.15) is 5.56 Å². The van der Waals surface area contributed by atoms with Gasteiger partial charge in [0.05, 0.1) is 0 Å². The number of hydrogen-bond donors (Lipinski definition) is 1. The van der Waals surface area contributed by atoms with Gasteiger partial charge in [0, 0.05) is 20.3 Å². The molecule has 3 rings (SSSR count). The van der Waals surface area contributed by atoms with Gasteiger partial charge in [-0.1, -0.05) is 67.9 Å². The summed E-state index contributed by atoms with van der Waals surface area (Å²) in [6.07, 6.45) is 0. The second kappa shape index (κ2) is 6.85. The average Bonchev–Trinajstić information content (AvgIpc) is 2.88. The van der Waals surface area contributed by atoms with Gasteiger partial charge in [0.1, 0.15) is 0 Å². The molecule has 2 aromatic carbocycles. The lowest BCUT2D eigenvalue weighted by atomic mass is 10.2. The van der Waals surface area contributed by atoms with Crippen molar-refractivity contribution >= 4 is 43.6 Å². The van der Waals surface area contributed by atoms with Gasteiger partial charge in [-0.15, -0.1) is 10.2 Å². The first-order chi connectivity index (χ1) is 10.6. The van der Waals surface area contributed by atoms with E-state index in [0.717, 1.165) is 20.3 Å². The van der Waals surface area contributed by atoms with E-state index in [1.165, 1.54) is 10.2 Å². The molecule has 0 unspecified atom stereocenters. The summed E-state index contributed by atoms with van der Waals surface area (Å²) in [7, 11) is 0. The van der Waals surface area contributed by atoms with Gasteiger partial charge in [-0.25, -0.2) is 4.68 Å². The molecule has 0 atom stereocenters. The van der Waals surface area contributed by atoms with Crippen molar-refractivity contribution in [1.29, 1.82) is 0 Å². The number of hydrogen-bond acceptors (Lipinski definition) is 4. The number of thioether (sulfide) groups is 1. The van der Waals surface area contributed by atoms with Gasteiger partial charge in [0.25, 0.3) is 0 Å². The van der Waals surface area contributed by atoms with Crippen LogP contribution in [0.3, 0.4) is 0 Å². The Hall–Kier alpha value is -1.31. The van der Waals surface area contributed by atoms with Crippen molar-refractivity contribution in [1.82, 2.24) is 14.9 Å². The lowest BCUT2D eigenvalue weighted by Gasteiger charge is -2.04. The van der Waals surface area contributed by atoms with E-state index in [1.807, 2.05) is 36.4 Å². The summed E-state index contributed by atoms with van der Waals surface area (Å²) >= 11 is 8.44. The minimum atomic E-state index is 0.652. The van der Waals surface area contributed by atoms with E-state index >= 15 is 0 Å². The smallest absolute Gasteiger partial charge is 0.210 e. The largest absolute Gasteiger partial charge is 0.335 e. The lowest BCUT2D eigenvalue weighted by Crippen LogP contribution is -2.11. The molecule has 1 heterocycles. The quantitative estimate of drug-likeness (QED) is 0.481. The first-order valence-corrected chi connectivity index (χ1v) is 9.04. The Morgan fingerprint density at radius 2 is 1.77 bits per heavy atom. The van der Waals surface area contributed by atoms with Crippen LogP contribution >= 0.6 is 43.6 Å². The van der Waals surface area contributed by atoms with Crippen LogP contribution in [0.2, 0.25) is 0 Å². The third-order valence-electron chi connectivity index (χ3n) is 3.03. The highest BCUT2D eigenvalue weighted by molar-refractivity contribution is 9.10. The fraction of sp³-hybridized carbons (Fsp3) is 0.0667. The summed E-state index contributed by atoms with van der Waals surface area (Å²) in [4.78, 5) is 0. The second-order valence-electron chi connectivity index (χ2n) is 4.60. The average molecular weight is 440 g/mol. The summed E-state index contributed by atoms with van der Waals surface area (Å²) in [5.41, 5.74) is 2.14. The summed E-state index contributed by atoms with van der Waals surface area (Å²) in [5, 5.41) is 9.07. The maximum Gasteiger partial charge on any atom is 0.210 e. The maximum absolute atomic E-state index is 6.12. The monoisotopic (exact) mass is 438 g/mol. The van der Waals surface area contributed by atoms with E-state index < -0.39 is 0 Å². The lowest BCUT2D eigenvalue weighted by molar-refractivity contribution is 0.849. The van der Waals surface area contributed by atoms with Crippen molar-refractivity contribution in [3.05, 3.63) is 63.0 Å². The van der Waals surface area contributed by atoms with Crippen LogP contribution in [0, 0.1) is 0 Å². The standard InChI is InChI=1S/C15H12Br2N4S/c16-12-6-4-10(5-7-12)9-22-15-20-19-14(21(15)18)11-2-1-3-13(17)8-11/h1-8H,9,18H2. The Labute approximate surface area is 149 Å². The molecular weight excluding hydrogens is 428 g/mol. The molecule has 0 saturated heterocycles. The van der Waals surface area contributed by atoms with E-state index in [0.29, 0.717) is 11.0 Å². The van der Waals surface area contributed by atoms with Gasteiger partial charge in [-0.2, -0.15) is 0 Å². The molecule has 22 heavy (non-hydrogen) atoms. The van der Waals surface area contributed by atoms with Crippen molar-refractivity contribution in [3.8, 4) is 11.4 Å². The molecule has 0 saturated carbocycles. The molecule has 112 valence electrons. The molecule has 0 radical (unpaired) electrons. The fourth-order valence-corrected chi connectivity index (χ4v) is 3.40. The van der Waals surface area contributed by atoms with Gasteiger partial charge in [-0.3, -0.25) is 0 Å². The van der Waals surface area contributed by atoms with Gasteiger partial charge in [-0.05, 0) is 29.8 Å². The van der Waals surface area contributed by atoms with Crippen LogP contribution in [0.25, 0.3) is 11.4 Å². The third kappa shape index (κ3) is 3.53. The van der Waals surface area contributed by atoms with E-state index in [1.54, 1.807) is 11.8 Å². The Morgan fingerprint density at radius 1 is 1.00 bits per heavy atom. The van der Waals surface area contributed by atoms with Gasteiger partial charge in [0.15, 0.2) is 5.82 Å². The Kier molecular flexibility index (Phi) is 4.85. The molecule has 0 aliphatic heterocycles. The molecule has 0 amide bonds. The van der Waals surface area contributed by atoms with Gasteiger partial charge in [0.2, 0.25) is 5.16 Å². The Bertz CT molecular complexity index is 786. The predicted octanol–water partition coefficient (Wildman–Crippen LogP) is 4.48. The highest BCUT2D eigenvalue weighted by Crippen LogP contribution is 2.26. The van der Waals surface area contributed by atoms with Crippen LogP contribution < -0.4 is 5.84 Å². The number of benzene rings is 2. The van der Waals surface area contributed by atoms with Crippen LogP contribution in [0.4, 0.5) is 0 Å². The van der Waals surface area contributed by atoms with Crippen LogP contribution in [-0.4, -0.2) is 14.9 Å². The van der Waals surface area contributed by atoms with Crippen LogP contribution in [0.15, 0.2) is 62.6 Å². The van der Waals surface area contributed by atoms with E-state index in [4.69, 9.17) is 5.84 Å². The zero-order chi connectivity index (χ0) is 15.5. The van der Waals surface area contributed by atoms with Crippen molar-refractivity contribution in [2.45, 2.75) is 10.9 Å². The topological polar surface area (TPSA) is 56.7 Å². The highest BCUT2D eigenvalue weighted by atomic mass is 79.9. The zero-order valence-electron chi connectivity index (χ0n) is 11.4. The number of nitrogens with zero attached hydrogens (tertiary/aromatic N) is 3. The molecule has 0 aliphatic rings. The van der Waals surface area contributed by atoms with Crippen LogP contribution in [-0.2, 0) is 5.75 Å². The van der Waals surface area contributed by atoms with Crippen molar-refractivity contribution in [3.63, 3.8) is 0 Å². The number of nitrogens with two attached hydrogens (primary N) is 1. The minimum absolute atomic E-state index is 0.652. The molecular formula is C15H12Br2N4S. The zero-order valence-corrected chi connectivity index (χ0v) is 15.4. The van der Waals surface area contributed by atoms with E-state index in [2.05, 4.69) is 54.2 Å². The number of nitrogen functional groups attached to an aromatic ring is 1. The molecule has 3 aromatic rings. The fourth-order valence-electron chi connectivity index (χ4n) is 1.93. The van der Waals surface area contributed by atoms with Crippen molar-refractivity contribution in [2.24, 2.45) is 0 Å². The minimum Gasteiger partial charge on any atom is -0.335 e. The number of rotatable bonds is 4. The molecule has 0 bridgehead atoms. The third-order valence-corrected chi connectivity index (χ3v) is 5.06. The molecule has 7 heteroatoms. The van der Waals surface area contributed by atoms with E-state index in [9.17, 15) is 0 Å². The van der Waals surface area contributed by atoms with Crippen LogP contribution in [0.5, 0.6) is 0 Å². The summed E-state index contributed by atoms with van der Waals surface area (Å²) < 4.78 is 3.59. The Morgan fingerprint density at radius 3 is 2.50 bits per heavy atom. The van der Waals surface area contributed by atoms with E-state index in [-0.39, 0.29) is 0 Å². The molecule has 1 aromatic heterocycles. The summed E-state index contributed by atoms with van der Waals surface area (Å²) in [6.45, 7) is 0. The molecule has 0 fully saturated rings. The first-order valence-electron chi connectivity index (χ1n) is 6.47. The molecule has 2 N–H and O–H groups in total. The molecule has 0 spiro atoms. The molecule has 4 nitrogen and oxygen atoms in total. The molecule has 0 aliphatic carbocycles. The number of aromatic nitrogens is 3. The number of halogens is 2. The first kappa shape index (κ1) is 15.6. The second-order valence-corrected chi connectivity index (χ2v) is 7.38.